The molecule has 0 unspecified atom stereocenters. The van der Waals surface area contributed by atoms with E-state index in [9.17, 15) is 56.4 Å². The molecule has 70 heavy (non-hydrogen) atoms. The second kappa shape index (κ2) is 23.8. The number of hydrogen-bond donors (Lipinski definition) is 8. The minimum atomic E-state index is -5.24. The van der Waals surface area contributed by atoms with Crippen molar-refractivity contribution >= 4 is 83.4 Å². The third-order valence-electron chi connectivity index (χ3n) is 11.4. The van der Waals surface area contributed by atoms with E-state index in [2.05, 4.69) is 35.0 Å². The number of pyridine rings is 1. The van der Waals surface area contributed by atoms with Crippen LogP contribution in [0.4, 0.5) is 17.5 Å². The van der Waals surface area contributed by atoms with Crippen LogP contribution in [0.2, 0.25) is 0 Å². The van der Waals surface area contributed by atoms with Crippen LogP contribution in [0.25, 0.3) is 34.3 Å². The van der Waals surface area contributed by atoms with Crippen molar-refractivity contribution in [2.24, 2.45) is 0 Å². The lowest BCUT2D eigenvalue weighted by Crippen LogP contribution is -2.37. The number of nitrogens with one attached hydrogen (secondary N) is 2. The molecule has 1 fully saturated rings. The summed E-state index contributed by atoms with van der Waals surface area (Å²) in [6.07, 6.45) is 3.75. The maximum atomic E-state index is 12.9. The third kappa shape index (κ3) is 14.7. The number of amides is 1. The highest BCUT2D eigenvalue weighted by molar-refractivity contribution is 7.85. The molecule has 1 aliphatic rings. The summed E-state index contributed by atoms with van der Waals surface area (Å²) < 4.78 is 82.2. The Morgan fingerprint density at radius 3 is 2.41 bits per heavy atom. The van der Waals surface area contributed by atoms with Crippen molar-refractivity contribution in [1.29, 1.82) is 0 Å². The second-order valence-electron chi connectivity index (χ2n) is 16.3. The molecule has 1 saturated heterocycles. The van der Waals surface area contributed by atoms with E-state index < -0.39 is 67.4 Å². The summed E-state index contributed by atoms with van der Waals surface area (Å²) in [5.41, 5.74) is 7.90. The molecule has 28 heteroatoms. The van der Waals surface area contributed by atoms with Gasteiger partial charge in [-0.3, -0.25) is 18.4 Å². The molecule has 0 spiro atoms. The number of unbranched alkanes of at least 4 members (excludes halogenated alkanes) is 5. The van der Waals surface area contributed by atoms with Gasteiger partial charge in [0, 0.05) is 68.3 Å². The van der Waals surface area contributed by atoms with E-state index in [4.69, 9.17) is 19.4 Å². The number of aliphatic hydroxyl groups excluding tert-OH is 1. The number of aryl methyl sites for hydroxylation is 1. The summed E-state index contributed by atoms with van der Waals surface area (Å²) in [5.74, 6) is -0.0646. The lowest BCUT2D eigenvalue weighted by molar-refractivity contribution is -0.700. The fraction of sp³-hybridized carbons (Fsp3) is 0.476. The molecule has 0 radical (unpaired) electrons. The number of imidazole rings is 1. The van der Waals surface area contributed by atoms with Crippen LogP contribution in [0, 0.1) is 0 Å². The molecular formula is C42H57N9O16P2S. The number of carbonyl (C=O) groups is 1. The number of nitrogens with two attached hydrogens (primary N) is 1. The molecule has 4 atom stereocenters. The summed E-state index contributed by atoms with van der Waals surface area (Å²) in [4.78, 5) is 77.2. The number of nitrogen functional groups attached to an aromatic ring is 1. The Kier molecular flexibility index (Phi) is 18.4. The summed E-state index contributed by atoms with van der Waals surface area (Å²) in [7, 11) is -15.0. The highest BCUT2D eigenvalue weighted by atomic mass is 32.2. The predicted molar refractivity (Wildman–Crippen MR) is 253 cm³/mol. The zero-order chi connectivity index (χ0) is 50.8. The molecule has 0 saturated carbocycles. The van der Waals surface area contributed by atoms with Gasteiger partial charge in [0.2, 0.25) is 17.5 Å². The van der Waals surface area contributed by atoms with E-state index in [1.165, 1.54) is 22.9 Å². The number of aliphatic hydroxyl groups is 1. The Morgan fingerprint density at radius 1 is 0.986 bits per heavy atom. The molecule has 0 bridgehead atoms. The number of nitrogens with zero attached hydrogens (tertiary/aromatic N) is 6. The third-order valence-corrected chi connectivity index (χ3v) is 13.2. The molecular weight excluding hydrogens is 981 g/mol. The van der Waals surface area contributed by atoms with Crippen LogP contribution < -0.4 is 31.5 Å². The molecule has 5 aromatic rings. The number of phosphoric ester groups is 2. The second-order valence-corrected chi connectivity index (χ2v) is 20.1. The monoisotopic (exact) mass is 1040 g/mol. The van der Waals surface area contributed by atoms with Crippen LogP contribution in [0.1, 0.15) is 82.7 Å². The van der Waals surface area contributed by atoms with Crippen molar-refractivity contribution in [3.05, 3.63) is 70.6 Å². The number of rotatable bonds is 26. The van der Waals surface area contributed by atoms with Crippen molar-refractivity contribution in [1.82, 2.24) is 24.8 Å². The van der Waals surface area contributed by atoms with E-state index >= 15 is 0 Å². The number of benzene rings is 1. The SMILES string of the molecule is CCN(CC)c1ccc2cc(/C=C/c3ccc(S(=O)(=O)[O-])c[n+]3CCCCCC(=O)NCCCCCCNc3nc4c(N)ncnc4n3[C@@H]3O[C@H](COP(=O)(O)O)[C@@H](OP(=O)(O)O)[C@H]3O)c(=O)oc2c1. The van der Waals surface area contributed by atoms with Crippen molar-refractivity contribution in [3.63, 3.8) is 0 Å². The smallest absolute Gasteiger partial charge is 0.470 e. The first-order valence-electron chi connectivity index (χ1n) is 22.4. The average molecular weight is 1040 g/mol. The molecule has 1 amide bonds. The van der Waals surface area contributed by atoms with Gasteiger partial charge in [0.1, 0.15) is 51.8 Å². The van der Waals surface area contributed by atoms with Gasteiger partial charge in [0.25, 0.3) is 0 Å². The molecule has 5 heterocycles. The Balaban J connectivity index is 0.946. The molecule has 9 N–H and O–H groups in total. The Morgan fingerprint density at radius 2 is 1.71 bits per heavy atom. The Hall–Kier alpha value is -5.21. The number of phosphoric acid groups is 2. The molecule has 1 aromatic carbocycles. The van der Waals surface area contributed by atoms with Gasteiger partial charge in [0.05, 0.1) is 12.2 Å². The molecule has 25 nitrogen and oxygen atoms in total. The van der Waals surface area contributed by atoms with E-state index in [0.717, 1.165) is 43.3 Å². The van der Waals surface area contributed by atoms with Crippen molar-refractivity contribution in [3.8, 4) is 0 Å². The summed E-state index contributed by atoms with van der Waals surface area (Å²) in [6.45, 7) is 5.90. The first-order valence-corrected chi connectivity index (χ1v) is 26.9. The molecule has 382 valence electrons. The normalized spacial score (nSPS) is 17.8. The fourth-order valence-electron chi connectivity index (χ4n) is 7.90. The molecule has 6 rings (SSSR count). The highest BCUT2D eigenvalue weighted by Crippen LogP contribution is 2.46. The molecule has 1 aliphatic heterocycles. The number of carbonyl (C=O) groups excluding carboxylic acids is 1. The van der Waals surface area contributed by atoms with Gasteiger partial charge in [-0.1, -0.05) is 12.8 Å². The Bertz CT molecular complexity index is 2920. The first kappa shape index (κ1) is 54.1. The van der Waals surface area contributed by atoms with Crippen molar-refractivity contribution < 1.29 is 74.3 Å². The summed E-state index contributed by atoms with van der Waals surface area (Å²) in [5, 5.41) is 17.9. The van der Waals surface area contributed by atoms with Crippen molar-refractivity contribution in [2.75, 3.05) is 48.7 Å². The predicted octanol–water partition coefficient (Wildman–Crippen LogP) is 2.92. The van der Waals surface area contributed by atoms with Crippen molar-refractivity contribution in [2.45, 2.75) is 101 Å². The van der Waals surface area contributed by atoms with Crippen LogP contribution >= 0.6 is 15.6 Å². The quantitative estimate of drug-likeness (QED) is 0.0130. The first-order chi connectivity index (χ1) is 33.2. The van der Waals surface area contributed by atoms with E-state index in [1.807, 2.05) is 32.0 Å². The number of anilines is 3. The molecule has 0 aliphatic carbocycles. The minimum absolute atomic E-state index is 0.0224. The molecule has 4 aromatic heterocycles. The number of hydrogen-bond acceptors (Lipinski definition) is 18. The van der Waals surface area contributed by atoms with Gasteiger partial charge in [-0.05, 0) is 69.9 Å². The number of aromatic nitrogens is 5. The average Bonchev–Trinajstić information content (AvgIpc) is 3.81. The van der Waals surface area contributed by atoms with Gasteiger partial charge in [-0.25, -0.2) is 37.3 Å². The van der Waals surface area contributed by atoms with Crippen LogP contribution in [-0.2, 0) is 44.4 Å². The lowest BCUT2D eigenvalue weighted by Gasteiger charge is -2.21. The van der Waals surface area contributed by atoms with E-state index in [1.54, 1.807) is 22.8 Å². The van der Waals surface area contributed by atoms with Gasteiger partial charge in [-0.2, -0.15) is 4.57 Å². The topological polar surface area (TPSA) is 368 Å². The van der Waals surface area contributed by atoms with E-state index in [-0.39, 0.29) is 35.3 Å². The largest absolute Gasteiger partial charge is 0.744 e. The number of ether oxygens (including phenoxy) is 1. The van der Waals surface area contributed by atoms with Gasteiger partial charge in [0.15, 0.2) is 29.4 Å². The van der Waals surface area contributed by atoms with E-state index in [0.29, 0.717) is 68.6 Å². The zero-order valence-electron chi connectivity index (χ0n) is 38.3. The minimum Gasteiger partial charge on any atom is -0.744 e. The van der Waals surface area contributed by atoms with Crippen LogP contribution in [0.15, 0.2) is 63.0 Å². The van der Waals surface area contributed by atoms with Crippen LogP contribution in [-0.4, -0.2) is 114 Å². The highest BCUT2D eigenvalue weighted by Gasteiger charge is 2.50. The van der Waals surface area contributed by atoms with Gasteiger partial charge >= 0.3 is 21.3 Å². The van der Waals surface area contributed by atoms with Gasteiger partial charge < -0.3 is 59.7 Å². The Labute approximate surface area is 401 Å². The van der Waals surface area contributed by atoms with Gasteiger partial charge in [-0.15, -0.1) is 0 Å². The summed E-state index contributed by atoms with van der Waals surface area (Å²) >= 11 is 0. The maximum absolute atomic E-state index is 12.9. The van der Waals surface area contributed by atoms with Crippen LogP contribution in [0.5, 0.6) is 0 Å². The lowest BCUT2D eigenvalue weighted by atomic mass is 10.1. The van der Waals surface area contributed by atoms with Crippen LogP contribution in [0.3, 0.4) is 0 Å². The number of fused-ring (bicyclic) bond motifs is 2. The maximum Gasteiger partial charge on any atom is 0.470 e. The zero-order valence-corrected chi connectivity index (χ0v) is 40.9. The summed E-state index contributed by atoms with van der Waals surface area (Å²) in [6, 6.07) is 10.1. The fourth-order valence-corrected chi connectivity index (χ4v) is 9.31. The standard InChI is InChI=1S/C42H57N9O16P2S/c1-3-49(4-2)30-16-13-27-22-28(41(54)66-32(27)23-30)14-15-29-17-18-31(70(61,62)63)24-50(29)21-11-7-8-12-34(52)44-19-9-5-6-10-20-45-42-48-35-38(43)46-26-47-39(35)51(42)40-36(53)37(67-69(58,59)60)33(65-40)25-64-68(55,56)57/h13-18,22-24,26,33,36-37,40,53H,3-12,19-21,25H2,1-2H3,(H8-,43,44,45,46,47,48,52,55,56,57,58,59,60,61,62,63)/t33-,36-,37-,40-/m1/s1.